The van der Waals surface area contributed by atoms with Crippen molar-refractivity contribution in [1.82, 2.24) is 20.4 Å². The second-order valence-electron chi connectivity index (χ2n) is 6.11. The molecular weight excluding hydrogens is 421 g/mol. The predicted octanol–water partition coefficient (Wildman–Crippen LogP) is 0.793. The normalized spacial score (nSPS) is 20.8. The summed E-state index contributed by atoms with van der Waals surface area (Å²) in [5, 5.41) is 6.52. The fourth-order valence-electron chi connectivity index (χ4n) is 3.05. The number of hydrogen-bond donors (Lipinski definition) is 2. The topological polar surface area (TPSA) is 77.0 Å². The molecule has 2 N–H and O–H groups in total. The summed E-state index contributed by atoms with van der Waals surface area (Å²) in [5.41, 5.74) is 0. The van der Waals surface area contributed by atoms with Gasteiger partial charge in [-0.2, -0.15) is 0 Å². The van der Waals surface area contributed by atoms with E-state index in [4.69, 9.17) is 0 Å². The van der Waals surface area contributed by atoms with Crippen LogP contribution in [0.5, 0.6) is 0 Å². The second-order valence-corrected chi connectivity index (χ2v) is 6.11. The number of aliphatic imine (C=N–C) groups is 1. The van der Waals surface area contributed by atoms with Crippen molar-refractivity contribution in [3.63, 3.8) is 0 Å². The van der Waals surface area contributed by atoms with E-state index in [-0.39, 0.29) is 48.4 Å². The molecule has 0 spiro atoms. The highest BCUT2D eigenvalue weighted by Gasteiger charge is 2.26. The zero-order valence-electron chi connectivity index (χ0n) is 14.7. The van der Waals surface area contributed by atoms with Crippen LogP contribution in [0.4, 0.5) is 0 Å². The molecule has 2 saturated heterocycles. The Morgan fingerprint density at radius 2 is 1.79 bits per heavy atom. The summed E-state index contributed by atoms with van der Waals surface area (Å²) < 4.78 is 0. The number of nitrogens with zero attached hydrogens (tertiary/aromatic N) is 3. The first-order valence-electron chi connectivity index (χ1n) is 8.74. The molecule has 2 aliphatic heterocycles. The lowest BCUT2D eigenvalue weighted by atomic mass is 10.3. The molecule has 2 fully saturated rings. The lowest BCUT2D eigenvalue weighted by molar-refractivity contribution is -0.130. The Labute approximate surface area is 161 Å². The van der Waals surface area contributed by atoms with Crippen LogP contribution >= 0.6 is 24.0 Å². The molecular formula is C16H30IN5O2. The van der Waals surface area contributed by atoms with Gasteiger partial charge in [-0.05, 0) is 26.2 Å². The third-order valence-electron chi connectivity index (χ3n) is 4.36. The van der Waals surface area contributed by atoms with Crippen LogP contribution in [-0.4, -0.2) is 72.9 Å². The molecule has 0 saturated carbocycles. The van der Waals surface area contributed by atoms with Gasteiger partial charge < -0.3 is 20.4 Å². The van der Waals surface area contributed by atoms with Crippen LogP contribution in [0.1, 0.15) is 39.5 Å². The van der Waals surface area contributed by atoms with Crippen LogP contribution in [0, 0.1) is 0 Å². The van der Waals surface area contributed by atoms with Crippen molar-refractivity contribution in [2.45, 2.75) is 45.6 Å². The summed E-state index contributed by atoms with van der Waals surface area (Å²) in [4.78, 5) is 32.0. The van der Waals surface area contributed by atoms with Crippen molar-refractivity contribution in [1.29, 1.82) is 0 Å². The van der Waals surface area contributed by atoms with E-state index in [1.54, 1.807) is 0 Å². The molecule has 138 valence electrons. The Morgan fingerprint density at radius 3 is 2.42 bits per heavy atom. The zero-order chi connectivity index (χ0) is 16.7. The van der Waals surface area contributed by atoms with E-state index in [2.05, 4.69) is 15.6 Å². The van der Waals surface area contributed by atoms with Gasteiger partial charge in [-0.15, -0.1) is 24.0 Å². The third kappa shape index (κ3) is 6.10. The van der Waals surface area contributed by atoms with E-state index in [1.165, 1.54) is 0 Å². The molecule has 0 aliphatic carbocycles. The molecule has 0 radical (unpaired) electrons. The molecule has 1 unspecified atom stereocenters. The highest BCUT2D eigenvalue weighted by atomic mass is 127. The minimum Gasteiger partial charge on any atom is -0.357 e. The van der Waals surface area contributed by atoms with Gasteiger partial charge in [0.2, 0.25) is 11.8 Å². The van der Waals surface area contributed by atoms with E-state index in [0.29, 0.717) is 18.9 Å². The van der Waals surface area contributed by atoms with Crippen LogP contribution in [0.25, 0.3) is 0 Å². The molecule has 2 heterocycles. The first kappa shape index (κ1) is 21.0. The van der Waals surface area contributed by atoms with Crippen molar-refractivity contribution < 1.29 is 9.59 Å². The molecule has 2 aliphatic rings. The summed E-state index contributed by atoms with van der Waals surface area (Å²) in [6.45, 7) is 8.02. The van der Waals surface area contributed by atoms with Crippen molar-refractivity contribution in [2.75, 3.05) is 39.3 Å². The number of carbonyl (C=O) groups is 2. The number of halogens is 1. The van der Waals surface area contributed by atoms with Gasteiger partial charge in [-0.3, -0.25) is 9.59 Å². The number of nitrogens with one attached hydrogen (secondary N) is 2. The third-order valence-corrected chi connectivity index (χ3v) is 4.36. The van der Waals surface area contributed by atoms with E-state index in [0.717, 1.165) is 45.4 Å². The first-order valence-corrected chi connectivity index (χ1v) is 8.74. The van der Waals surface area contributed by atoms with Gasteiger partial charge in [0.05, 0.1) is 0 Å². The summed E-state index contributed by atoms with van der Waals surface area (Å²) in [7, 11) is 0. The zero-order valence-corrected chi connectivity index (χ0v) is 17.0. The number of amides is 2. The van der Waals surface area contributed by atoms with Crippen molar-refractivity contribution >= 4 is 41.8 Å². The molecule has 0 aromatic rings. The Kier molecular flexibility index (Phi) is 9.38. The summed E-state index contributed by atoms with van der Waals surface area (Å²) in [6.07, 6.45) is 3.65. The largest absolute Gasteiger partial charge is 0.357 e. The molecule has 2 amide bonds. The number of carbonyl (C=O) groups excluding carboxylic acids is 2. The average molecular weight is 451 g/mol. The van der Waals surface area contributed by atoms with Crippen LogP contribution in [-0.2, 0) is 9.59 Å². The minimum absolute atomic E-state index is 0. The fourth-order valence-corrected chi connectivity index (χ4v) is 3.05. The monoisotopic (exact) mass is 451 g/mol. The highest BCUT2D eigenvalue weighted by Crippen LogP contribution is 2.10. The quantitative estimate of drug-likeness (QED) is 0.368. The van der Waals surface area contributed by atoms with Crippen LogP contribution in [0.3, 0.4) is 0 Å². The van der Waals surface area contributed by atoms with E-state index in [1.807, 2.05) is 23.6 Å². The van der Waals surface area contributed by atoms with Gasteiger partial charge in [-0.1, -0.05) is 6.92 Å². The van der Waals surface area contributed by atoms with Crippen LogP contribution in [0.15, 0.2) is 4.99 Å². The van der Waals surface area contributed by atoms with Crippen LogP contribution in [0.2, 0.25) is 0 Å². The van der Waals surface area contributed by atoms with Gasteiger partial charge >= 0.3 is 0 Å². The Morgan fingerprint density at radius 1 is 1.08 bits per heavy atom. The molecule has 0 aromatic heterocycles. The number of guanidine groups is 1. The van der Waals surface area contributed by atoms with Gasteiger partial charge in [-0.25, -0.2) is 4.99 Å². The standard InChI is InChI=1S/C16H29N5O2.HI/c1-3-14(22)21-10-7-13(12-21)19-16(17-4-2)18-11-15(23)20-8-5-6-9-20;/h13H,3-12H2,1-2H3,(H2,17,18,19);1H. The van der Waals surface area contributed by atoms with Gasteiger partial charge in [0.15, 0.2) is 5.96 Å². The SMILES string of the molecule is CCNC(=NCC(=O)N1CCCC1)NC1CCN(C(=O)CC)C1.I. The maximum atomic E-state index is 12.1. The average Bonchev–Trinajstić information content (AvgIpc) is 3.23. The smallest absolute Gasteiger partial charge is 0.244 e. The lowest BCUT2D eigenvalue weighted by Crippen LogP contribution is -2.45. The minimum atomic E-state index is 0. The summed E-state index contributed by atoms with van der Waals surface area (Å²) in [6, 6.07) is 0.199. The van der Waals surface area contributed by atoms with Crippen LogP contribution < -0.4 is 10.6 Å². The van der Waals surface area contributed by atoms with Gasteiger partial charge in [0, 0.05) is 45.2 Å². The predicted molar refractivity (Wildman–Crippen MR) is 106 cm³/mol. The molecule has 8 heteroatoms. The Bertz CT molecular complexity index is 452. The molecule has 0 aromatic carbocycles. The lowest BCUT2D eigenvalue weighted by Gasteiger charge is -2.19. The van der Waals surface area contributed by atoms with Crippen molar-refractivity contribution in [3.05, 3.63) is 0 Å². The Hall–Kier alpha value is -1.06. The highest BCUT2D eigenvalue weighted by molar-refractivity contribution is 14.0. The number of rotatable bonds is 5. The molecule has 1 atom stereocenters. The van der Waals surface area contributed by atoms with E-state index >= 15 is 0 Å². The van der Waals surface area contributed by atoms with Crippen molar-refractivity contribution in [3.8, 4) is 0 Å². The van der Waals surface area contributed by atoms with Gasteiger partial charge in [0.25, 0.3) is 0 Å². The second kappa shape index (κ2) is 10.7. The first-order chi connectivity index (χ1) is 11.1. The number of likely N-dealkylation sites (tertiary alicyclic amines) is 2. The molecule has 2 rings (SSSR count). The molecule has 24 heavy (non-hydrogen) atoms. The molecule has 0 bridgehead atoms. The van der Waals surface area contributed by atoms with E-state index in [9.17, 15) is 9.59 Å². The van der Waals surface area contributed by atoms with E-state index < -0.39 is 0 Å². The summed E-state index contributed by atoms with van der Waals surface area (Å²) in [5.74, 6) is 0.949. The molecule has 7 nitrogen and oxygen atoms in total. The van der Waals surface area contributed by atoms with Crippen molar-refractivity contribution in [2.24, 2.45) is 4.99 Å². The number of hydrogen-bond acceptors (Lipinski definition) is 3. The van der Waals surface area contributed by atoms with Gasteiger partial charge in [0.1, 0.15) is 6.54 Å². The maximum absolute atomic E-state index is 12.1. The Balaban J connectivity index is 0.00000288. The summed E-state index contributed by atoms with van der Waals surface area (Å²) >= 11 is 0. The maximum Gasteiger partial charge on any atom is 0.244 e. The fraction of sp³-hybridized carbons (Fsp3) is 0.812.